The monoisotopic (exact) mass is 558 g/mol. The van der Waals surface area contributed by atoms with Gasteiger partial charge in [0.05, 0.1) is 25.2 Å². The van der Waals surface area contributed by atoms with Gasteiger partial charge in [0.2, 0.25) is 0 Å². The molecule has 0 bridgehead atoms. The minimum Gasteiger partial charge on any atom is -0.549 e. The molecule has 15 nitrogen and oxygen atoms in total. The van der Waals surface area contributed by atoms with Crippen molar-refractivity contribution in [3.63, 3.8) is 0 Å². The van der Waals surface area contributed by atoms with Gasteiger partial charge in [-0.15, -0.1) is 0 Å². The van der Waals surface area contributed by atoms with E-state index in [1.165, 1.54) is 7.11 Å². The van der Waals surface area contributed by atoms with Crippen LogP contribution >= 0.6 is 0 Å². The zero-order valence-electron chi connectivity index (χ0n) is 21.0. The number of carbonyl (C=O) groups excluding carboxylic acids is 2. The summed E-state index contributed by atoms with van der Waals surface area (Å²) in [7, 11) is 1.22. The quantitative estimate of drug-likeness (QED) is 0.0698. The molecule has 2 heterocycles. The molecule has 0 amide bonds. The smallest absolute Gasteiger partial charge is 0.549 e. The molecule has 0 aromatic carbocycles. The second kappa shape index (κ2) is 18.0. The molecule has 6 N–H and O–H groups in total. The first kappa shape index (κ1) is 37.5. The fraction of sp³-hybridized carbons (Fsp3) is 0.900. The number of unbranched alkanes of at least 4 members (excludes halogenated alkanes) is 1. The van der Waals surface area contributed by atoms with Crippen molar-refractivity contribution < 1.29 is 133 Å². The average Bonchev–Trinajstić information content (AvgIpc) is 2.82. The van der Waals surface area contributed by atoms with E-state index >= 15 is 0 Å². The number of aliphatic hydroxyl groups is 6. The molecular formula is C20H32Na2O15. The first-order chi connectivity index (χ1) is 16.6. The van der Waals surface area contributed by atoms with E-state index in [0.717, 1.165) is 0 Å². The number of hydrogen-bond acceptors (Lipinski definition) is 15. The maximum absolute atomic E-state index is 10.8. The number of rotatable bonds is 13. The summed E-state index contributed by atoms with van der Waals surface area (Å²) >= 11 is 0. The summed E-state index contributed by atoms with van der Waals surface area (Å²) in [4.78, 5) is 21.5. The van der Waals surface area contributed by atoms with Crippen LogP contribution in [0.25, 0.3) is 0 Å². The van der Waals surface area contributed by atoms with Gasteiger partial charge in [-0.1, -0.05) is 6.42 Å². The Balaban J connectivity index is 0.00000648. The van der Waals surface area contributed by atoms with Crippen LogP contribution in [0.5, 0.6) is 0 Å². The largest absolute Gasteiger partial charge is 1.00 e. The number of ether oxygens (including phenoxy) is 5. The van der Waals surface area contributed by atoms with Crippen molar-refractivity contribution in [3.8, 4) is 0 Å². The van der Waals surface area contributed by atoms with Gasteiger partial charge in [0.25, 0.3) is 0 Å². The Kier molecular flexibility index (Phi) is 18.3. The normalized spacial score (nSPS) is 35.9. The van der Waals surface area contributed by atoms with Gasteiger partial charge in [-0.3, -0.25) is 0 Å². The van der Waals surface area contributed by atoms with Crippen molar-refractivity contribution >= 4 is 11.9 Å². The summed E-state index contributed by atoms with van der Waals surface area (Å²) in [6, 6.07) is 0. The Morgan fingerprint density at radius 2 is 1.30 bits per heavy atom. The van der Waals surface area contributed by atoms with Gasteiger partial charge in [-0.25, -0.2) is 0 Å². The first-order valence-corrected chi connectivity index (χ1v) is 11.0. The second-order valence-electron chi connectivity index (χ2n) is 8.27. The van der Waals surface area contributed by atoms with Crippen LogP contribution in [0.3, 0.4) is 0 Å². The van der Waals surface area contributed by atoms with E-state index < -0.39 is 92.5 Å². The third-order valence-electron chi connectivity index (χ3n) is 5.93. The summed E-state index contributed by atoms with van der Waals surface area (Å²) in [6.07, 6.45) is -14.4. The molecule has 2 rings (SSSR count). The summed E-state index contributed by atoms with van der Waals surface area (Å²) < 4.78 is 26.7. The Hall–Kier alpha value is 0.500. The predicted molar refractivity (Wildman–Crippen MR) is 104 cm³/mol. The summed E-state index contributed by atoms with van der Waals surface area (Å²) in [5, 5.41) is 82.2. The zero-order valence-corrected chi connectivity index (χ0v) is 25.0. The number of carboxylic acids is 2. The third kappa shape index (κ3) is 9.82. The van der Waals surface area contributed by atoms with Crippen LogP contribution in [-0.2, 0) is 33.3 Å². The zero-order chi connectivity index (χ0) is 26.3. The molecule has 0 spiro atoms. The fourth-order valence-corrected chi connectivity index (χ4v) is 3.94. The first-order valence-electron chi connectivity index (χ1n) is 11.0. The number of methoxy groups -OCH3 is 1. The van der Waals surface area contributed by atoms with Gasteiger partial charge in [0.1, 0.15) is 48.8 Å². The fourth-order valence-electron chi connectivity index (χ4n) is 3.94. The van der Waals surface area contributed by atoms with Crippen LogP contribution in [0.4, 0.5) is 0 Å². The van der Waals surface area contributed by atoms with E-state index in [1.807, 2.05) is 0 Å². The standard InChI is InChI=1S/C20H34O15.2Na/c1-31-19-13(25)12(24)16(10(7-22)33-19)35-20-14(26)11(23)15(9(6-21)34-20)32-5-3-2-4-8(17(27)28)18(29)30;;/h8-16,19-26H,2-7H2,1H3,(H,27,28)(H,29,30);;/q;2*+1/p-2/t9-,10-,11-,12-,13-,14-,15+,16-,19-,20+;;/m1../s1. The maximum Gasteiger partial charge on any atom is 1.00 e. The Morgan fingerprint density at radius 3 is 1.81 bits per heavy atom. The maximum atomic E-state index is 10.8. The van der Waals surface area contributed by atoms with Crippen LogP contribution in [0.2, 0.25) is 0 Å². The molecule has 204 valence electrons. The third-order valence-corrected chi connectivity index (χ3v) is 5.93. The van der Waals surface area contributed by atoms with E-state index in [1.54, 1.807) is 0 Å². The van der Waals surface area contributed by atoms with E-state index in [-0.39, 0.29) is 85.0 Å². The van der Waals surface area contributed by atoms with Crippen LogP contribution in [0.15, 0.2) is 0 Å². The molecule has 10 atom stereocenters. The topological polar surface area (TPSA) is 248 Å². The molecule has 0 aliphatic carbocycles. The molecule has 2 aliphatic heterocycles. The van der Waals surface area contributed by atoms with Crippen molar-refractivity contribution in [3.05, 3.63) is 0 Å². The van der Waals surface area contributed by atoms with Crippen LogP contribution < -0.4 is 69.3 Å². The van der Waals surface area contributed by atoms with Gasteiger partial charge in [-0.2, -0.15) is 0 Å². The van der Waals surface area contributed by atoms with Crippen LogP contribution in [-0.4, -0.2) is 131 Å². The minimum atomic E-state index is -1.77. The number of carboxylic acid groups (broad SMARTS) is 2. The second-order valence-corrected chi connectivity index (χ2v) is 8.27. The summed E-state index contributed by atoms with van der Waals surface area (Å²) in [5.74, 6) is -5.31. The number of hydrogen-bond donors (Lipinski definition) is 6. The Morgan fingerprint density at radius 1 is 0.811 bits per heavy atom. The Bertz CT molecular complexity index is 670. The summed E-state index contributed by atoms with van der Waals surface area (Å²) in [5.41, 5.74) is 0. The average molecular weight is 558 g/mol. The molecule has 2 fully saturated rings. The van der Waals surface area contributed by atoms with Gasteiger partial charge >= 0.3 is 59.1 Å². The van der Waals surface area contributed by atoms with Gasteiger partial charge < -0.3 is 74.1 Å². The SMILES string of the molecule is CO[C@@H]1O[C@H](CO)[C@@H](O[C@@H]2O[C@H](CO)[C@H](OCCCCC(C(=O)[O-])C(=O)[O-])[C@H](O)[C@H]2O)[C@H](O)[C@H]1O.[Na+].[Na+]. The van der Waals surface area contributed by atoms with E-state index in [0.29, 0.717) is 0 Å². The van der Waals surface area contributed by atoms with Crippen molar-refractivity contribution in [1.29, 1.82) is 0 Å². The van der Waals surface area contributed by atoms with Crippen molar-refractivity contribution in [2.24, 2.45) is 5.92 Å². The molecule has 37 heavy (non-hydrogen) atoms. The van der Waals surface area contributed by atoms with E-state index in [4.69, 9.17) is 23.7 Å². The molecule has 0 radical (unpaired) electrons. The van der Waals surface area contributed by atoms with Crippen LogP contribution in [0, 0.1) is 5.92 Å². The van der Waals surface area contributed by atoms with Crippen molar-refractivity contribution in [2.75, 3.05) is 26.9 Å². The van der Waals surface area contributed by atoms with Gasteiger partial charge in [-0.05, 0) is 12.8 Å². The van der Waals surface area contributed by atoms with Gasteiger partial charge in [0, 0.05) is 19.6 Å². The number of aliphatic carboxylic acids is 2. The van der Waals surface area contributed by atoms with Crippen molar-refractivity contribution in [2.45, 2.75) is 80.7 Å². The van der Waals surface area contributed by atoms with Crippen molar-refractivity contribution in [1.82, 2.24) is 0 Å². The van der Waals surface area contributed by atoms with E-state index in [2.05, 4.69) is 0 Å². The Labute approximate surface area is 257 Å². The summed E-state index contributed by atoms with van der Waals surface area (Å²) in [6.45, 7) is -1.42. The minimum absolute atomic E-state index is 0. The number of carbonyl (C=O) groups is 2. The molecule has 0 aromatic rings. The van der Waals surface area contributed by atoms with Crippen LogP contribution in [0.1, 0.15) is 19.3 Å². The molecule has 0 unspecified atom stereocenters. The molecule has 0 aromatic heterocycles. The molecule has 2 aliphatic rings. The molecule has 0 saturated carbocycles. The number of aliphatic hydroxyl groups excluding tert-OH is 6. The van der Waals surface area contributed by atoms with Gasteiger partial charge in [0.15, 0.2) is 12.6 Å². The molecule has 17 heteroatoms. The van der Waals surface area contributed by atoms with E-state index in [9.17, 15) is 50.4 Å². The molecule has 2 saturated heterocycles. The molecular weight excluding hydrogens is 526 g/mol. The predicted octanol–water partition coefficient (Wildman–Crippen LogP) is -12.4.